The molecule has 0 spiro atoms. The summed E-state index contributed by atoms with van der Waals surface area (Å²) in [5.41, 5.74) is -3.32. The maximum atomic E-state index is 13.3. The second-order valence-corrected chi connectivity index (χ2v) is 8.83. The molecule has 0 saturated heterocycles. The first-order valence-corrected chi connectivity index (χ1v) is 11.4. The van der Waals surface area contributed by atoms with Crippen molar-refractivity contribution in [1.29, 1.82) is 0 Å². The van der Waals surface area contributed by atoms with Crippen LogP contribution in [-0.2, 0) is 12.4 Å². The molecule has 0 saturated carbocycles. The van der Waals surface area contributed by atoms with E-state index in [-0.39, 0.29) is 17.7 Å². The smallest absolute Gasteiger partial charge is 0.302 e. The van der Waals surface area contributed by atoms with Gasteiger partial charge in [0.05, 0.1) is 21.3 Å². The van der Waals surface area contributed by atoms with E-state index < -0.39 is 35.0 Å². The summed E-state index contributed by atoms with van der Waals surface area (Å²) in [5, 5.41) is 0.580. The molecule has 0 N–H and O–H groups in total. The van der Waals surface area contributed by atoms with Gasteiger partial charge in [-0.25, -0.2) is 4.98 Å². The second kappa shape index (κ2) is 10.1. The van der Waals surface area contributed by atoms with Crippen molar-refractivity contribution in [2.45, 2.75) is 26.2 Å². The number of benzene rings is 2. The van der Waals surface area contributed by atoms with Gasteiger partial charge in [0.1, 0.15) is 0 Å². The summed E-state index contributed by atoms with van der Waals surface area (Å²) in [6, 6.07) is 5.71. The summed E-state index contributed by atoms with van der Waals surface area (Å²) < 4.78 is 80.6. The van der Waals surface area contributed by atoms with Crippen LogP contribution in [-0.4, -0.2) is 42.0 Å². The van der Waals surface area contributed by atoms with E-state index in [4.69, 9.17) is 11.6 Å². The van der Waals surface area contributed by atoms with Gasteiger partial charge in [-0.05, 0) is 49.5 Å². The number of thiazole rings is 1. The molecule has 0 aliphatic heterocycles. The molecule has 0 unspecified atom stereocenters. The van der Waals surface area contributed by atoms with E-state index in [2.05, 4.69) is 4.98 Å². The van der Waals surface area contributed by atoms with E-state index in [0.717, 1.165) is 16.2 Å². The predicted octanol–water partition coefficient (Wildman–Crippen LogP) is 6.98. The molecule has 12 heteroatoms. The lowest BCUT2D eigenvalue weighted by Gasteiger charge is -2.25. The summed E-state index contributed by atoms with van der Waals surface area (Å²) in [6.07, 6.45) is -10.1. The number of hydrogen-bond acceptors (Lipinski definition) is 4. The molecule has 184 valence electrons. The minimum absolute atomic E-state index is 0.00327. The highest BCUT2D eigenvalue weighted by molar-refractivity contribution is 7.22. The van der Waals surface area contributed by atoms with Crippen molar-refractivity contribution < 1.29 is 31.1 Å². The molecule has 0 aliphatic rings. The Kier molecular flexibility index (Phi) is 7.79. The third-order valence-electron chi connectivity index (χ3n) is 5.18. The largest absolute Gasteiger partial charge is 0.416 e. The normalized spacial score (nSPS) is 12.5. The van der Waals surface area contributed by atoms with Crippen molar-refractivity contribution in [3.63, 3.8) is 0 Å². The van der Waals surface area contributed by atoms with E-state index in [9.17, 15) is 31.1 Å². The Morgan fingerprint density at radius 3 is 2.06 bits per heavy atom. The van der Waals surface area contributed by atoms with Gasteiger partial charge in [0.2, 0.25) is 0 Å². The monoisotopic (exact) mass is 523 g/mol. The van der Waals surface area contributed by atoms with E-state index in [1.165, 1.54) is 0 Å². The Morgan fingerprint density at radius 2 is 1.53 bits per heavy atom. The molecule has 1 heterocycles. The molecule has 0 radical (unpaired) electrons. The highest BCUT2D eigenvalue weighted by atomic mass is 35.5. The first-order valence-electron chi connectivity index (χ1n) is 10.2. The van der Waals surface area contributed by atoms with Crippen LogP contribution in [0.1, 0.15) is 35.3 Å². The average molecular weight is 524 g/mol. The maximum Gasteiger partial charge on any atom is 0.416 e. The van der Waals surface area contributed by atoms with Gasteiger partial charge in [0.25, 0.3) is 5.91 Å². The highest BCUT2D eigenvalue weighted by Gasteiger charge is 2.38. The lowest BCUT2D eigenvalue weighted by atomic mass is 10.0. The lowest BCUT2D eigenvalue weighted by molar-refractivity contribution is -0.143. The van der Waals surface area contributed by atoms with E-state index in [1.54, 1.807) is 18.2 Å². The summed E-state index contributed by atoms with van der Waals surface area (Å²) in [6.45, 7) is 5.47. The van der Waals surface area contributed by atoms with Gasteiger partial charge in [-0.15, -0.1) is 0 Å². The summed E-state index contributed by atoms with van der Waals surface area (Å²) in [4.78, 5) is 20.8. The zero-order chi connectivity index (χ0) is 25.3. The van der Waals surface area contributed by atoms with Crippen molar-refractivity contribution in [2.75, 3.05) is 31.1 Å². The van der Waals surface area contributed by atoms with Crippen LogP contribution in [0.4, 0.5) is 31.5 Å². The van der Waals surface area contributed by atoms with Gasteiger partial charge >= 0.3 is 12.4 Å². The molecule has 1 aromatic heterocycles. The minimum Gasteiger partial charge on any atom is -0.302 e. The number of alkyl halides is 6. The van der Waals surface area contributed by atoms with Gasteiger partial charge in [0, 0.05) is 23.7 Å². The number of anilines is 1. The van der Waals surface area contributed by atoms with Gasteiger partial charge in [-0.1, -0.05) is 36.8 Å². The molecule has 1 amide bonds. The summed E-state index contributed by atoms with van der Waals surface area (Å²) >= 11 is 7.08. The molecular formula is C22H20ClF6N3OS. The first-order chi connectivity index (χ1) is 15.8. The van der Waals surface area contributed by atoms with Gasteiger partial charge < -0.3 is 4.90 Å². The van der Waals surface area contributed by atoms with Crippen LogP contribution in [0.5, 0.6) is 0 Å². The lowest BCUT2D eigenvalue weighted by Crippen LogP contribution is -2.39. The van der Waals surface area contributed by atoms with Gasteiger partial charge in [0.15, 0.2) is 5.13 Å². The van der Waals surface area contributed by atoms with Crippen LogP contribution < -0.4 is 4.90 Å². The molecule has 0 atom stereocenters. The Balaban J connectivity index is 2.10. The molecular weight excluding hydrogens is 504 g/mol. The van der Waals surface area contributed by atoms with Crippen LogP contribution in [0.3, 0.4) is 0 Å². The predicted molar refractivity (Wildman–Crippen MR) is 121 cm³/mol. The van der Waals surface area contributed by atoms with Crippen molar-refractivity contribution in [3.8, 4) is 0 Å². The minimum atomic E-state index is -5.06. The van der Waals surface area contributed by atoms with Gasteiger partial charge in [-0.2, -0.15) is 26.3 Å². The molecule has 0 bridgehead atoms. The fraction of sp³-hybridized carbons (Fsp3) is 0.364. The van der Waals surface area contributed by atoms with Gasteiger partial charge in [-0.3, -0.25) is 9.69 Å². The van der Waals surface area contributed by atoms with E-state index >= 15 is 0 Å². The number of hydrogen-bond donors (Lipinski definition) is 0. The fourth-order valence-corrected chi connectivity index (χ4v) is 4.57. The van der Waals surface area contributed by atoms with Crippen LogP contribution in [0, 0.1) is 0 Å². The highest BCUT2D eigenvalue weighted by Crippen LogP contribution is 2.37. The average Bonchev–Trinajstić information content (AvgIpc) is 3.17. The number of rotatable bonds is 7. The third kappa shape index (κ3) is 6.00. The Labute approximate surface area is 200 Å². The van der Waals surface area contributed by atoms with Crippen molar-refractivity contribution in [2.24, 2.45) is 0 Å². The molecule has 2 aromatic carbocycles. The van der Waals surface area contributed by atoms with Crippen LogP contribution in [0.15, 0.2) is 36.4 Å². The van der Waals surface area contributed by atoms with Crippen LogP contribution >= 0.6 is 22.9 Å². The Bertz CT molecular complexity index is 1140. The topological polar surface area (TPSA) is 36.4 Å². The molecule has 34 heavy (non-hydrogen) atoms. The quantitative estimate of drug-likeness (QED) is 0.314. The first kappa shape index (κ1) is 26.2. The maximum absolute atomic E-state index is 13.3. The third-order valence-corrected chi connectivity index (χ3v) is 6.46. The van der Waals surface area contributed by atoms with E-state index in [0.29, 0.717) is 47.0 Å². The number of aromatic nitrogens is 1. The molecule has 0 fully saturated rings. The fourth-order valence-electron chi connectivity index (χ4n) is 3.30. The molecule has 3 rings (SSSR count). The SMILES string of the molecule is CCN(CC)CCN(C(=O)c1cc(C(F)(F)F)cc(C(F)(F)F)c1)c1nc2ccc(Cl)cc2s1. The Morgan fingerprint density at radius 1 is 0.941 bits per heavy atom. The summed E-state index contributed by atoms with van der Waals surface area (Å²) in [7, 11) is 0. The second-order valence-electron chi connectivity index (χ2n) is 7.39. The van der Waals surface area contributed by atoms with Crippen molar-refractivity contribution in [3.05, 3.63) is 58.1 Å². The number of fused-ring (bicyclic) bond motifs is 1. The molecule has 3 aromatic rings. The zero-order valence-corrected chi connectivity index (χ0v) is 19.7. The number of likely N-dealkylation sites (N-methyl/N-ethyl adjacent to an activating group) is 1. The number of nitrogens with zero attached hydrogens (tertiary/aromatic N) is 3. The standard InChI is InChI=1S/C22H20ClF6N3OS/c1-3-31(4-2)7-8-32(20-30-17-6-5-16(23)12-18(17)34-20)19(33)13-9-14(21(24,25)26)11-15(10-13)22(27,28)29/h5-6,9-12H,3-4,7-8H2,1-2H3. The molecule has 0 aliphatic carbocycles. The van der Waals surface area contributed by atoms with E-state index in [1.807, 2.05) is 18.7 Å². The Hall–Kier alpha value is -2.37. The van der Waals surface area contributed by atoms with Crippen molar-refractivity contribution >= 4 is 44.2 Å². The number of halogens is 7. The number of carbonyl (C=O) groups is 1. The zero-order valence-electron chi connectivity index (χ0n) is 18.1. The number of carbonyl (C=O) groups excluding carboxylic acids is 1. The number of amides is 1. The van der Waals surface area contributed by atoms with Crippen LogP contribution in [0.2, 0.25) is 5.02 Å². The summed E-state index contributed by atoms with van der Waals surface area (Å²) in [5.74, 6) is -1.01. The van der Waals surface area contributed by atoms with Crippen LogP contribution in [0.25, 0.3) is 10.2 Å². The molecule has 4 nitrogen and oxygen atoms in total. The van der Waals surface area contributed by atoms with Crippen molar-refractivity contribution in [1.82, 2.24) is 9.88 Å².